The van der Waals surface area contributed by atoms with Crippen LogP contribution in [0.15, 0.2) is 48.6 Å². The van der Waals surface area contributed by atoms with Crippen molar-refractivity contribution in [1.29, 1.82) is 0 Å². The van der Waals surface area contributed by atoms with Gasteiger partial charge in [-0.2, -0.15) is 0 Å². The molecule has 2 aromatic rings. The first-order valence-corrected chi connectivity index (χ1v) is 10.3. The van der Waals surface area contributed by atoms with Crippen LogP contribution in [0, 0.1) is 0 Å². The van der Waals surface area contributed by atoms with Gasteiger partial charge in [-0.25, -0.2) is 0 Å². The lowest BCUT2D eigenvalue weighted by atomic mass is 9.97. The second-order valence-corrected chi connectivity index (χ2v) is 7.20. The fraction of sp³-hybridized carbons (Fsp3) is 0.280. The van der Waals surface area contributed by atoms with Gasteiger partial charge in [-0.05, 0) is 35.8 Å². The molecule has 0 fully saturated rings. The van der Waals surface area contributed by atoms with E-state index in [9.17, 15) is 9.59 Å². The lowest BCUT2D eigenvalue weighted by Crippen LogP contribution is -2.33. The van der Waals surface area contributed by atoms with Crippen molar-refractivity contribution in [2.24, 2.45) is 0 Å². The molecule has 1 N–H and O–H groups in total. The van der Waals surface area contributed by atoms with Crippen molar-refractivity contribution in [3.8, 4) is 17.2 Å². The summed E-state index contributed by atoms with van der Waals surface area (Å²) in [7, 11) is 6.42. The molecular formula is C25H28N2O5. The highest BCUT2D eigenvalue weighted by Crippen LogP contribution is 2.40. The van der Waals surface area contributed by atoms with Crippen LogP contribution in [0.4, 0.5) is 0 Å². The quantitative estimate of drug-likeness (QED) is 0.673. The maximum atomic E-state index is 12.6. The number of hydrogen-bond donors (Lipinski definition) is 1. The summed E-state index contributed by atoms with van der Waals surface area (Å²) in [6.45, 7) is 1.08. The molecule has 0 bridgehead atoms. The summed E-state index contributed by atoms with van der Waals surface area (Å²) in [6, 6.07) is 10.7. The number of carbonyl (C=O) groups excluding carboxylic acids is 2. The van der Waals surface area contributed by atoms with Gasteiger partial charge in [0.1, 0.15) is 17.2 Å². The van der Waals surface area contributed by atoms with Crippen molar-refractivity contribution in [1.82, 2.24) is 10.2 Å². The molecule has 3 rings (SSSR count). The second-order valence-electron chi connectivity index (χ2n) is 7.20. The highest BCUT2D eigenvalue weighted by molar-refractivity contribution is 5.95. The molecule has 7 heteroatoms. The number of benzene rings is 2. The molecule has 0 spiro atoms. The van der Waals surface area contributed by atoms with Crippen LogP contribution < -0.4 is 19.5 Å². The number of hydrogen-bond acceptors (Lipinski definition) is 5. The lowest BCUT2D eigenvalue weighted by Gasteiger charge is -2.27. The van der Waals surface area contributed by atoms with E-state index in [1.165, 1.54) is 0 Å². The van der Waals surface area contributed by atoms with Crippen molar-refractivity contribution in [3.05, 3.63) is 65.2 Å². The molecule has 0 unspecified atom stereocenters. The average Bonchev–Trinajstić information content (AvgIpc) is 2.86. The van der Waals surface area contributed by atoms with Gasteiger partial charge in [0.25, 0.3) is 5.91 Å². The van der Waals surface area contributed by atoms with Crippen molar-refractivity contribution in [2.75, 3.05) is 41.5 Å². The summed E-state index contributed by atoms with van der Waals surface area (Å²) < 4.78 is 16.4. The topological polar surface area (TPSA) is 77.1 Å². The summed E-state index contributed by atoms with van der Waals surface area (Å²) in [5, 5.41) is 2.58. The fourth-order valence-electron chi connectivity index (χ4n) is 3.58. The van der Waals surface area contributed by atoms with Crippen LogP contribution in [0.3, 0.4) is 0 Å². The van der Waals surface area contributed by atoms with Crippen molar-refractivity contribution in [3.63, 3.8) is 0 Å². The summed E-state index contributed by atoms with van der Waals surface area (Å²) in [6.07, 6.45) is 6.02. The van der Waals surface area contributed by atoms with Gasteiger partial charge in [-0.3, -0.25) is 9.59 Å². The van der Waals surface area contributed by atoms with Gasteiger partial charge in [0.05, 0.1) is 26.9 Å². The van der Waals surface area contributed by atoms with Gasteiger partial charge in [-0.15, -0.1) is 0 Å². The third-order valence-electron chi connectivity index (χ3n) is 5.38. The zero-order chi connectivity index (χ0) is 23.1. The number of amides is 2. The zero-order valence-corrected chi connectivity index (χ0v) is 18.8. The Balaban J connectivity index is 1.71. The molecule has 0 saturated heterocycles. The molecule has 0 atom stereocenters. The van der Waals surface area contributed by atoms with Gasteiger partial charge in [-0.1, -0.05) is 18.2 Å². The van der Waals surface area contributed by atoms with Crippen molar-refractivity contribution >= 4 is 23.5 Å². The van der Waals surface area contributed by atoms with Gasteiger partial charge in [0.15, 0.2) is 0 Å². The molecule has 7 nitrogen and oxygen atoms in total. The minimum Gasteiger partial charge on any atom is -0.496 e. The Morgan fingerprint density at radius 2 is 1.66 bits per heavy atom. The van der Waals surface area contributed by atoms with E-state index >= 15 is 0 Å². The van der Waals surface area contributed by atoms with Crippen LogP contribution in [0.1, 0.15) is 27.9 Å². The van der Waals surface area contributed by atoms with E-state index in [-0.39, 0.29) is 11.8 Å². The highest BCUT2D eigenvalue weighted by Gasteiger charge is 2.22. The third-order valence-corrected chi connectivity index (χ3v) is 5.38. The van der Waals surface area contributed by atoms with Crippen molar-refractivity contribution < 1.29 is 23.8 Å². The molecule has 1 aliphatic rings. The highest BCUT2D eigenvalue weighted by atomic mass is 16.5. The van der Waals surface area contributed by atoms with Crippen molar-refractivity contribution in [2.45, 2.75) is 6.42 Å². The summed E-state index contributed by atoms with van der Waals surface area (Å²) >= 11 is 0. The Morgan fingerprint density at radius 3 is 2.16 bits per heavy atom. The standard InChI is InChI=1S/C25H28N2O5/c1-26-25(29)19-8-5-17(6-9-19)7-10-23(28)27-13-11-18(12-14-27)24-21(31-3)15-20(30-2)16-22(24)32-4/h5-11,15-16H,12-14H2,1-4H3,(H,26,29)/b10-7+. The van der Waals surface area contributed by atoms with Crippen LogP contribution in [-0.4, -0.2) is 58.2 Å². The monoisotopic (exact) mass is 436 g/mol. The molecule has 0 radical (unpaired) electrons. The minimum absolute atomic E-state index is 0.0654. The number of nitrogens with one attached hydrogen (secondary N) is 1. The smallest absolute Gasteiger partial charge is 0.251 e. The van der Waals surface area contributed by atoms with E-state index in [0.29, 0.717) is 42.3 Å². The average molecular weight is 437 g/mol. The third kappa shape index (κ3) is 5.11. The predicted octanol–water partition coefficient (Wildman–Crippen LogP) is 3.40. The Hall–Kier alpha value is -3.74. The Kier molecular flexibility index (Phi) is 7.54. The maximum absolute atomic E-state index is 12.6. The summed E-state index contributed by atoms with van der Waals surface area (Å²) in [5.41, 5.74) is 3.38. The van der Waals surface area contributed by atoms with Gasteiger partial charge >= 0.3 is 0 Å². The van der Waals surface area contributed by atoms with E-state index in [0.717, 1.165) is 16.7 Å². The summed E-state index contributed by atoms with van der Waals surface area (Å²) in [4.78, 5) is 26.0. The van der Waals surface area contributed by atoms with Gasteiger partial charge < -0.3 is 24.4 Å². The first-order chi connectivity index (χ1) is 15.5. The molecule has 168 valence electrons. The van der Waals surface area contributed by atoms with Crippen LogP contribution in [0.5, 0.6) is 17.2 Å². The van der Waals surface area contributed by atoms with Crippen LogP contribution in [0.2, 0.25) is 0 Å². The molecule has 0 aliphatic carbocycles. The van der Waals surface area contributed by atoms with E-state index < -0.39 is 0 Å². The number of carbonyl (C=O) groups is 2. The van der Waals surface area contributed by atoms with E-state index in [2.05, 4.69) is 5.32 Å². The van der Waals surface area contributed by atoms with Crippen LogP contribution in [0.25, 0.3) is 11.6 Å². The van der Waals surface area contributed by atoms with E-state index in [4.69, 9.17) is 14.2 Å². The maximum Gasteiger partial charge on any atom is 0.251 e. The lowest BCUT2D eigenvalue weighted by molar-refractivity contribution is -0.125. The SMILES string of the molecule is CNC(=O)c1ccc(/C=C/C(=O)N2CC=C(c3c(OC)cc(OC)cc3OC)CC2)cc1. The molecule has 1 aliphatic heterocycles. The number of ether oxygens (including phenoxy) is 3. The number of nitrogens with zero attached hydrogens (tertiary/aromatic N) is 1. The Labute approximate surface area is 188 Å². The molecule has 0 aromatic heterocycles. The van der Waals surface area contributed by atoms with Gasteiger partial charge in [0, 0.05) is 43.9 Å². The Morgan fingerprint density at radius 1 is 1.00 bits per heavy atom. The van der Waals surface area contributed by atoms with E-state index in [1.54, 1.807) is 57.6 Å². The molecule has 0 saturated carbocycles. The first-order valence-electron chi connectivity index (χ1n) is 10.3. The molecule has 2 amide bonds. The van der Waals surface area contributed by atoms with E-state index in [1.807, 2.05) is 30.3 Å². The minimum atomic E-state index is -0.141. The molecule has 32 heavy (non-hydrogen) atoms. The molecular weight excluding hydrogens is 408 g/mol. The van der Waals surface area contributed by atoms with Gasteiger partial charge in [0.2, 0.25) is 5.91 Å². The number of methoxy groups -OCH3 is 3. The number of rotatable bonds is 7. The Bertz CT molecular complexity index is 1020. The predicted molar refractivity (Wildman–Crippen MR) is 124 cm³/mol. The summed E-state index contributed by atoms with van der Waals surface area (Å²) in [5.74, 6) is 1.80. The zero-order valence-electron chi connectivity index (χ0n) is 18.8. The molecule has 1 heterocycles. The normalized spacial score (nSPS) is 13.5. The fourth-order valence-corrected chi connectivity index (χ4v) is 3.58. The first kappa shape index (κ1) is 22.9. The molecule has 2 aromatic carbocycles. The largest absolute Gasteiger partial charge is 0.496 e. The van der Waals surface area contributed by atoms with Crippen LogP contribution >= 0.6 is 0 Å². The van der Waals surface area contributed by atoms with Crippen LogP contribution in [-0.2, 0) is 4.79 Å². The second kappa shape index (κ2) is 10.5.